The summed E-state index contributed by atoms with van der Waals surface area (Å²) >= 11 is 5.66. The average Bonchev–Trinajstić information content (AvgIpc) is 2.23. The normalized spacial score (nSPS) is 12.6. The first-order valence-electron chi connectivity index (χ1n) is 5.98. The second-order valence-electron chi connectivity index (χ2n) is 5.62. The third-order valence-electron chi connectivity index (χ3n) is 3.20. The van der Waals surface area contributed by atoms with Gasteiger partial charge in [0.1, 0.15) is 6.61 Å². The lowest BCUT2D eigenvalue weighted by Gasteiger charge is -2.36. The number of nitrogens with zero attached hydrogens (tertiary/aromatic N) is 2. The Balaban J connectivity index is 2.35. The van der Waals surface area contributed by atoms with Gasteiger partial charge >= 0.3 is 0 Å². The molecule has 0 spiro atoms. The summed E-state index contributed by atoms with van der Waals surface area (Å²) in [6.07, 6.45) is 1.57. The number of ether oxygens (including phenoxy) is 1. The Labute approximate surface area is 115 Å². The molecule has 0 bridgehead atoms. The predicted octanol–water partition coefficient (Wildman–Crippen LogP) is 3.53. The maximum Gasteiger partial charge on any atom is 0.225 e. The summed E-state index contributed by atoms with van der Waals surface area (Å²) in [5.41, 5.74) is 0. The van der Waals surface area contributed by atoms with Crippen molar-refractivity contribution in [1.29, 1.82) is 0 Å². The van der Waals surface area contributed by atoms with Crippen LogP contribution in [0.25, 0.3) is 0 Å². The zero-order valence-electron chi connectivity index (χ0n) is 11.7. The van der Waals surface area contributed by atoms with E-state index in [9.17, 15) is 0 Å². The van der Waals surface area contributed by atoms with Crippen molar-refractivity contribution < 1.29 is 9.16 Å². The van der Waals surface area contributed by atoms with Crippen LogP contribution in [0.4, 0.5) is 0 Å². The van der Waals surface area contributed by atoms with Gasteiger partial charge in [-0.2, -0.15) is 4.98 Å². The molecule has 0 atom stereocenters. The summed E-state index contributed by atoms with van der Waals surface area (Å²) in [5.74, 6) is 0.480. The highest BCUT2D eigenvalue weighted by molar-refractivity contribution is 6.74. The summed E-state index contributed by atoms with van der Waals surface area (Å²) in [6.45, 7) is 12.1. The van der Waals surface area contributed by atoms with Gasteiger partial charge in [0.05, 0.1) is 6.61 Å². The Morgan fingerprint density at radius 1 is 1.28 bits per heavy atom. The van der Waals surface area contributed by atoms with Crippen molar-refractivity contribution in [2.75, 3.05) is 13.2 Å². The number of rotatable bonds is 5. The fourth-order valence-electron chi connectivity index (χ4n) is 1.06. The predicted molar refractivity (Wildman–Crippen MR) is 75.7 cm³/mol. The fourth-order valence-corrected chi connectivity index (χ4v) is 2.23. The van der Waals surface area contributed by atoms with Crippen molar-refractivity contribution in [3.05, 3.63) is 17.5 Å². The lowest BCUT2D eigenvalue weighted by molar-refractivity contribution is 0.199. The SMILES string of the molecule is CC(C)(C)[Si](C)(C)OCCOc1ccnc(Cl)n1. The van der Waals surface area contributed by atoms with E-state index >= 15 is 0 Å². The molecular formula is C12H21ClN2O2Si. The third kappa shape index (κ3) is 4.55. The van der Waals surface area contributed by atoms with Crippen LogP contribution in [0.3, 0.4) is 0 Å². The van der Waals surface area contributed by atoms with E-state index in [2.05, 4.69) is 43.8 Å². The molecule has 1 aromatic rings. The second kappa shape index (κ2) is 5.99. The lowest BCUT2D eigenvalue weighted by atomic mass is 10.2. The summed E-state index contributed by atoms with van der Waals surface area (Å²) in [6, 6.07) is 1.68. The van der Waals surface area contributed by atoms with Gasteiger partial charge in [0, 0.05) is 12.3 Å². The Bertz CT molecular complexity index is 394. The van der Waals surface area contributed by atoms with Gasteiger partial charge in [-0.15, -0.1) is 0 Å². The van der Waals surface area contributed by atoms with Gasteiger partial charge in [-0.1, -0.05) is 20.8 Å². The van der Waals surface area contributed by atoms with Gasteiger partial charge in [-0.25, -0.2) is 4.98 Å². The molecule has 4 nitrogen and oxygen atoms in total. The Morgan fingerprint density at radius 3 is 2.50 bits per heavy atom. The summed E-state index contributed by atoms with van der Waals surface area (Å²) in [4.78, 5) is 7.73. The number of halogens is 1. The smallest absolute Gasteiger partial charge is 0.225 e. The Kier molecular flexibility index (Phi) is 5.13. The number of hydrogen-bond acceptors (Lipinski definition) is 4. The number of aromatic nitrogens is 2. The highest BCUT2D eigenvalue weighted by Gasteiger charge is 2.36. The monoisotopic (exact) mass is 288 g/mol. The van der Waals surface area contributed by atoms with E-state index in [0.29, 0.717) is 19.1 Å². The van der Waals surface area contributed by atoms with Crippen LogP contribution in [0.15, 0.2) is 12.3 Å². The molecule has 0 N–H and O–H groups in total. The van der Waals surface area contributed by atoms with Crippen molar-refractivity contribution in [1.82, 2.24) is 9.97 Å². The minimum atomic E-state index is -1.69. The molecule has 6 heteroatoms. The fraction of sp³-hybridized carbons (Fsp3) is 0.667. The molecule has 0 aliphatic heterocycles. The molecule has 0 aliphatic carbocycles. The zero-order valence-corrected chi connectivity index (χ0v) is 13.4. The van der Waals surface area contributed by atoms with Crippen LogP contribution in [0, 0.1) is 0 Å². The van der Waals surface area contributed by atoms with Gasteiger partial charge in [0.25, 0.3) is 0 Å². The topological polar surface area (TPSA) is 44.2 Å². The first-order valence-corrected chi connectivity index (χ1v) is 9.26. The molecule has 1 heterocycles. The number of hydrogen-bond donors (Lipinski definition) is 0. The minimum absolute atomic E-state index is 0.192. The maximum atomic E-state index is 5.98. The quantitative estimate of drug-likeness (QED) is 0.472. The molecule has 0 fully saturated rings. The van der Waals surface area contributed by atoms with E-state index in [1.165, 1.54) is 0 Å². The molecule has 1 rings (SSSR count). The van der Waals surface area contributed by atoms with Crippen molar-refractivity contribution in [2.24, 2.45) is 0 Å². The highest BCUT2D eigenvalue weighted by Crippen LogP contribution is 2.36. The molecule has 102 valence electrons. The van der Waals surface area contributed by atoms with E-state index in [1.807, 2.05) is 0 Å². The van der Waals surface area contributed by atoms with E-state index in [-0.39, 0.29) is 10.3 Å². The molecule has 0 aliphatic rings. The van der Waals surface area contributed by atoms with Crippen molar-refractivity contribution >= 4 is 19.9 Å². The van der Waals surface area contributed by atoms with Gasteiger partial charge in [0.15, 0.2) is 8.32 Å². The van der Waals surface area contributed by atoms with E-state index in [1.54, 1.807) is 12.3 Å². The van der Waals surface area contributed by atoms with Crippen molar-refractivity contribution in [3.8, 4) is 5.88 Å². The molecule has 0 unspecified atom stereocenters. The molecule has 0 saturated heterocycles. The lowest BCUT2D eigenvalue weighted by Crippen LogP contribution is -2.41. The molecule has 0 amide bonds. The Hall–Kier alpha value is -0.653. The third-order valence-corrected chi connectivity index (χ3v) is 7.92. The molecule has 0 aromatic carbocycles. The van der Waals surface area contributed by atoms with Crippen LogP contribution in [-0.2, 0) is 4.43 Å². The highest BCUT2D eigenvalue weighted by atomic mass is 35.5. The molecule has 0 saturated carbocycles. The van der Waals surface area contributed by atoms with Gasteiger partial charge in [0.2, 0.25) is 11.2 Å². The van der Waals surface area contributed by atoms with Crippen LogP contribution in [-0.4, -0.2) is 31.5 Å². The standard InChI is InChI=1S/C12H21ClN2O2Si/c1-12(2,3)18(4,5)17-9-8-16-10-6-7-14-11(13)15-10/h6-7H,8-9H2,1-5H3. The van der Waals surface area contributed by atoms with E-state index < -0.39 is 8.32 Å². The van der Waals surface area contributed by atoms with Gasteiger partial charge in [-0.05, 0) is 29.7 Å². The molecule has 18 heavy (non-hydrogen) atoms. The van der Waals surface area contributed by atoms with Crippen LogP contribution >= 0.6 is 11.6 Å². The first kappa shape index (κ1) is 15.4. The largest absolute Gasteiger partial charge is 0.475 e. The van der Waals surface area contributed by atoms with E-state index in [0.717, 1.165) is 0 Å². The van der Waals surface area contributed by atoms with Crippen LogP contribution in [0.1, 0.15) is 20.8 Å². The Morgan fingerprint density at radius 2 is 1.94 bits per heavy atom. The summed E-state index contributed by atoms with van der Waals surface area (Å²) in [7, 11) is -1.69. The van der Waals surface area contributed by atoms with Gasteiger partial charge in [-0.3, -0.25) is 0 Å². The molecule has 0 radical (unpaired) electrons. The average molecular weight is 289 g/mol. The van der Waals surface area contributed by atoms with Crippen molar-refractivity contribution in [2.45, 2.75) is 38.9 Å². The van der Waals surface area contributed by atoms with Crippen LogP contribution < -0.4 is 4.74 Å². The first-order chi connectivity index (χ1) is 8.22. The zero-order chi connectivity index (χ0) is 13.8. The van der Waals surface area contributed by atoms with Crippen LogP contribution in [0.5, 0.6) is 5.88 Å². The second-order valence-corrected chi connectivity index (χ2v) is 10.8. The summed E-state index contributed by atoms with van der Waals surface area (Å²) in [5, 5.41) is 0.406. The van der Waals surface area contributed by atoms with E-state index in [4.69, 9.17) is 20.8 Å². The van der Waals surface area contributed by atoms with Crippen molar-refractivity contribution in [3.63, 3.8) is 0 Å². The summed E-state index contributed by atoms with van der Waals surface area (Å²) < 4.78 is 11.4. The van der Waals surface area contributed by atoms with Crippen LogP contribution in [0.2, 0.25) is 23.4 Å². The molecular weight excluding hydrogens is 268 g/mol. The minimum Gasteiger partial charge on any atom is -0.475 e. The maximum absolute atomic E-state index is 5.98. The molecule has 1 aromatic heterocycles. The van der Waals surface area contributed by atoms with Gasteiger partial charge < -0.3 is 9.16 Å².